The molecule has 2 aromatic rings. The number of nitrogens with one attached hydrogen (secondary N) is 1. The molecule has 0 bridgehead atoms. The highest BCUT2D eigenvalue weighted by molar-refractivity contribution is 5.72. The third-order valence-electron chi connectivity index (χ3n) is 4.38. The molecule has 5 heteroatoms. The molecule has 0 atom stereocenters. The molecule has 1 fully saturated rings. The van der Waals surface area contributed by atoms with Crippen LogP contribution in [0.3, 0.4) is 0 Å². The van der Waals surface area contributed by atoms with Crippen LogP contribution in [-0.2, 0) is 16.6 Å². The largest absolute Gasteiger partial charge is 0.356 e. The summed E-state index contributed by atoms with van der Waals surface area (Å²) < 4.78 is 5.59. The fourth-order valence-corrected chi connectivity index (χ4v) is 3.26. The molecule has 116 valence electrons. The summed E-state index contributed by atoms with van der Waals surface area (Å²) in [5.74, 6) is 1.33. The number of carbonyl (C=O) groups is 1. The Morgan fingerprint density at radius 3 is 2.68 bits per heavy atom. The van der Waals surface area contributed by atoms with Crippen LogP contribution in [0.15, 0.2) is 34.9 Å². The zero-order valence-corrected chi connectivity index (χ0v) is 12.8. The van der Waals surface area contributed by atoms with Crippen molar-refractivity contribution >= 4 is 5.91 Å². The zero-order valence-electron chi connectivity index (χ0n) is 12.8. The summed E-state index contributed by atoms with van der Waals surface area (Å²) in [7, 11) is 0. The lowest BCUT2D eigenvalue weighted by molar-refractivity contribution is -0.118. The molecule has 5 nitrogen and oxygen atoms in total. The highest BCUT2D eigenvalue weighted by Crippen LogP contribution is 2.45. The first-order valence-electron chi connectivity index (χ1n) is 7.84. The molecule has 1 heterocycles. The SMILES string of the molecule is CC(=O)NCCc1noc(C2(c3ccccc3)CCCC2)n1. The van der Waals surface area contributed by atoms with E-state index in [1.54, 1.807) is 0 Å². The monoisotopic (exact) mass is 299 g/mol. The van der Waals surface area contributed by atoms with Crippen LogP contribution in [0.5, 0.6) is 0 Å². The first-order valence-corrected chi connectivity index (χ1v) is 7.84. The predicted molar refractivity (Wildman–Crippen MR) is 82.4 cm³/mol. The van der Waals surface area contributed by atoms with Gasteiger partial charge in [-0.25, -0.2) is 0 Å². The van der Waals surface area contributed by atoms with Crippen molar-refractivity contribution in [3.63, 3.8) is 0 Å². The van der Waals surface area contributed by atoms with E-state index in [2.05, 4.69) is 39.7 Å². The van der Waals surface area contributed by atoms with Gasteiger partial charge in [-0.1, -0.05) is 48.3 Å². The Kier molecular flexibility index (Phi) is 4.22. The lowest BCUT2D eigenvalue weighted by atomic mass is 9.79. The molecule has 22 heavy (non-hydrogen) atoms. The number of hydrogen-bond donors (Lipinski definition) is 1. The van der Waals surface area contributed by atoms with Crippen molar-refractivity contribution < 1.29 is 9.32 Å². The lowest BCUT2D eigenvalue weighted by Crippen LogP contribution is -2.25. The lowest BCUT2D eigenvalue weighted by Gasteiger charge is -2.25. The molecule has 0 aliphatic heterocycles. The maximum atomic E-state index is 10.9. The smallest absolute Gasteiger partial charge is 0.237 e. The molecule has 0 spiro atoms. The molecular formula is C17H21N3O2. The van der Waals surface area contributed by atoms with Crippen LogP contribution in [-0.4, -0.2) is 22.6 Å². The Morgan fingerprint density at radius 2 is 2.00 bits per heavy atom. The van der Waals surface area contributed by atoms with E-state index in [1.807, 2.05) is 6.07 Å². The number of carbonyl (C=O) groups excluding carboxylic acids is 1. The first-order chi connectivity index (χ1) is 10.7. The van der Waals surface area contributed by atoms with E-state index in [1.165, 1.54) is 25.3 Å². The van der Waals surface area contributed by atoms with Crippen molar-refractivity contribution in [1.82, 2.24) is 15.5 Å². The molecular weight excluding hydrogens is 278 g/mol. The number of rotatable bonds is 5. The van der Waals surface area contributed by atoms with Gasteiger partial charge < -0.3 is 9.84 Å². The van der Waals surface area contributed by atoms with E-state index in [-0.39, 0.29) is 11.3 Å². The quantitative estimate of drug-likeness (QED) is 0.921. The van der Waals surface area contributed by atoms with E-state index in [0.29, 0.717) is 24.7 Å². The molecule has 1 amide bonds. The predicted octanol–water partition coefficient (Wildman–Crippen LogP) is 2.61. The molecule has 0 saturated heterocycles. The molecule has 0 unspecified atom stereocenters. The number of amides is 1. The maximum absolute atomic E-state index is 10.9. The van der Waals surface area contributed by atoms with E-state index in [0.717, 1.165) is 12.8 Å². The molecule has 0 radical (unpaired) electrons. The van der Waals surface area contributed by atoms with E-state index >= 15 is 0 Å². The topological polar surface area (TPSA) is 68.0 Å². The van der Waals surface area contributed by atoms with E-state index in [4.69, 9.17) is 4.52 Å². The minimum absolute atomic E-state index is 0.0414. The summed E-state index contributed by atoms with van der Waals surface area (Å²) in [5, 5.41) is 6.84. The fourth-order valence-electron chi connectivity index (χ4n) is 3.26. The summed E-state index contributed by atoms with van der Waals surface area (Å²) in [5.41, 5.74) is 1.12. The number of benzene rings is 1. The highest BCUT2D eigenvalue weighted by atomic mass is 16.5. The van der Waals surface area contributed by atoms with Crippen LogP contribution >= 0.6 is 0 Å². The van der Waals surface area contributed by atoms with Crippen LogP contribution in [0.2, 0.25) is 0 Å². The van der Waals surface area contributed by atoms with Gasteiger partial charge in [0.05, 0.1) is 5.41 Å². The minimum Gasteiger partial charge on any atom is -0.356 e. The van der Waals surface area contributed by atoms with Gasteiger partial charge in [-0.3, -0.25) is 4.79 Å². The van der Waals surface area contributed by atoms with Crippen LogP contribution < -0.4 is 5.32 Å². The normalized spacial score (nSPS) is 16.6. The zero-order chi connectivity index (χ0) is 15.4. The molecule has 3 rings (SSSR count). The molecule has 1 aliphatic carbocycles. The maximum Gasteiger partial charge on any atom is 0.237 e. The fraction of sp³-hybridized carbons (Fsp3) is 0.471. The van der Waals surface area contributed by atoms with Gasteiger partial charge >= 0.3 is 0 Å². The third kappa shape index (κ3) is 2.89. The van der Waals surface area contributed by atoms with Crippen LogP contribution in [0, 0.1) is 0 Å². The van der Waals surface area contributed by atoms with Crippen molar-refractivity contribution in [3.05, 3.63) is 47.6 Å². The summed E-state index contributed by atoms with van der Waals surface area (Å²) in [6.45, 7) is 2.04. The van der Waals surface area contributed by atoms with Crippen molar-refractivity contribution in [2.45, 2.75) is 44.4 Å². The molecule has 1 aliphatic rings. The van der Waals surface area contributed by atoms with Crippen molar-refractivity contribution in [3.8, 4) is 0 Å². The number of aromatic nitrogens is 2. The average Bonchev–Trinajstić information content (AvgIpc) is 3.17. The van der Waals surface area contributed by atoms with Crippen molar-refractivity contribution in [2.75, 3.05) is 6.54 Å². The minimum atomic E-state index is -0.138. The van der Waals surface area contributed by atoms with Gasteiger partial charge in [0, 0.05) is 19.9 Å². The second-order valence-electron chi connectivity index (χ2n) is 5.90. The molecule has 1 aromatic carbocycles. The Bertz CT molecular complexity index is 630. The van der Waals surface area contributed by atoms with Crippen LogP contribution in [0.25, 0.3) is 0 Å². The summed E-state index contributed by atoms with van der Waals surface area (Å²) in [6, 6.07) is 10.4. The first kappa shape index (κ1) is 14.8. The molecule has 1 N–H and O–H groups in total. The Labute approximate surface area is 130 Å². The van der Waals surface area contributed by atoms with Gasteiger partial charge in [-0.15, -0.1) is 0 Å². The van der Waals surface area contributed by atoms with Gasteiger partial charge in [-0.05, 0) is 18.4 Å². The second kappa shape index (κ2) is 6.30. The Morgan fingerprint density at radius 1 is 1.27 bits per heavy atom. The van der Waals surface area contributed by atoms with Crippen molar-refractivity contribution in [2.24, 2.45) is 0 Å². The average molecular weight is 299 g/mol. The Balaban J connectivity index is 1.81. The van der Waals surface area contributed by atoms with Gasteiger partial charge in [0.1, 0.15) is 0 Å². The second-order valence-corrected chi connectivity index (χ2v) is 5.90. The van der Waals surface area contributed by atoms with Crippen LogP contribution in [0.1, 0.15) is 49.9 Å². The van der Waals surface area contributed by atoms with E-state index < -0.39 is 0 Å². The summed E-state index contributed by atoms with van der Waals surface area (Å²) in [4.78, 5) is 15.5. The standard InChI is InChI=1S/C17H21N3O2/c1-13(21)18-12-9-15-19-16(22-20-15)17(10-5-6-11-17)14-7-3-2-4-8-14/h2-4,7-8H,5-6,9-12H2,1H3,(H,18,21). The van der Waals surface area contributed by atoms with Gasteiger partial charge in [-0.2, -0.15) is 4.98 Å². The highest BCUT2D eigenvalue weighted by Gasteiger charge is 2.42. The van der Waals surface area contributed by atoms with E-state index in [9.17, 15) is 4.79 Å². The number of hydrogen-bond acceptors (Lipinski definition) is 4. The number of nitrogens with zero attached hydrogens (tertiary/aromatic N) is 2. The summed E-state index contributed by atoms with van der Waals surface area (Å²) >= 11 is 0. The van der Waals surface area contributed by atoms with Gasteiger partial charge in [0.15, 0.2) is 5.82 Å². The van der Waals surface area contributed by atoms with Crippen molar-refractivity contribution in [1.29, 1.82) is 0 Å². The molecule has 1 saturated carbocycles. The Hall–Kier alpha value is -2.17. The third-order valence-corrected chi connectivity index (χ3v) is 4.38. The summed E-state index contributed by atoms with van der Waals surface area (Å²) in [6.07, 6.45) is 5.04. The van der Waals surface area contributed by atoms with Gasteiger partial charge in [0.25, 0.3) is 0 Å². The van der Waals surface area contributed by atoms with Gasteiger partial charge in [0.2, 0.25) is 11.8 Å². The molecule has 1 aromatic heterocycles. The van der Waals surface area contributed by atoms with Crippen LogP contribution in [0.4, 0.5) is 0 Å².